The number of aromatic carboxylic acids is 1. The molecule has 1 amide bonds. The first kappa shape index (κ1) is 22.0. The molecule has 0 atom stereocenters. The van der Waals surface area contributed by atoms with Gasteiger partial charge in [-0.15, -0.1) is 0 Å². The van der Waals surface area contributed by atoms with Gasteiger partial charge < -0.3 is 15.4 Å². The molecule has 168 valence electrons. The van der Waals surface area contributed by atoms with Crippen LogP contribution in [0.3, 0.4) is 0 Å². The molecule has 3 aromatic heterocycles. The predicted octanol–water partition coefficient (Wildman–Crippen LogP) is 3.73. The maximum Gasteiger partial charge on any atom is 0.434 e. The molecule has 0 fully saturated rings. The predicted molar refractivity (Wildman–Crippen MR) is 111 cm³/mol. The highest BCUT2D eigenvalue weighted by molar-refractivity contribution is 6.30. The van der Waals surface area contributed by atoms with Crippen molar-refractivity contribution in [3.63, 3.8) is 0 Å². The molecule has 0 bridgehead atoms. The number of hydrogen-bond donors (Lipinski definition) is 3. The van der Waals surface area contributed by atoms with E-state index in [0.29, 0.717) is 4.68 Å². The van der Waals surface area contributed by atoms with Crippen LogP contribution in [0.5, 0.6) is 0 Å². The highest BCUT2D eigenvalue weighted by atomic mass is 35.5. The van der Waals surface area contributed by atoms with E-state index in [1.54, 1.807) is 0 Å². The first-order chi connectivity index (χ1) is 15.6. The Hall–Kier alpha value is -4.19. The maximum absolute atomic E-state index is 14.0. The molecular formula is C20H11ClF3N5O4. The number of nitrogens with zero attached hydrogens (tertiary/aromatic N) is 3. The van der Waals surface area contributed by atoms with Crippen molar-refractivity contribution in [1.29, 1.82) is 0 Å². The van der Waals surface area contributed by atoms with E-state index in [-0.39, 0.29) is 27.3 Å². The first-order valence-corrected chi connectivity index (χ1v) is 9.42. The zero-order valence-electron chi connectivity index (χ0n) is 16.1. The van der Waals surface area contributed by atoms with Crippen LogP contribution >= 0.6 is 11.6 Å². The Bertz CT molecular complexity index is 1480. The number of nitrogens with one attached hydrogen (secondary N) is 2. The molecule has 0 aliphatic carbocycles. The summed E-state index contributed by atoms with van der Waals surface area (Å²) in [7, 11) is 0. The zero-order valence-corrected chi connectivity index (χ0v) is 16.9. The molecule has 33 heavy (non-hydrogen) atoms. The van der Waals surface area contributed by atoms with E-state index in [9.17, 15) is 27.6 Å². The molecular weight excluding hydrogens is 467 g/mol. The summed E-state index contributed by atoms with van der Waals surface area (Å²) < 4.78 is 42.6. The van der Waals surface area contributed by atoms with Gasteiger partial charge >= 0.3 is 12.1 Å². The maximum atomic E-state index is 14.0. The zero-order chi connectivity index (χ0) is 23.9. The average Bonchev–Trinajstić information content (AvgIpc) is 3.19. The number of pyridine rings is 2. The van der Waals surface area contributed by atoms with Gasteiger partial charge in [-0.05, 0) is 30.3 Å². The van der Waals surface area contributed by atoms with E-state index in [0.717, 1.165) is 18.3 Å². The van der Waals surface area contributed by atoms with Gasteiger partial charge in [0.1, 0.15) is 5.15 Å². The summed E-state index contributed by atoms with van der Waals surface area (Å²) in [5, 5.41) is 15.0. The van der Waals surface area contributed by atoms with Crippen molar-refractivity contribution in [3.05, 3.63) is 81.3 Å². The number of carboxylic acids is 1. The van der Waals surface area contributed by atoms with Crippen LogP contribution < -0.4 is 10.9 Å². The number of carboxylic acid groups (broad SMARTS) is 1. The molecule has 3 heterocycles. The monoisotopic (exact) mass is 477 g/mol. The summed E-state index contributed by atoms with van der Waals surface area (Å²) in [6, 6.07) is 7.60. The van der Waals surface area contributed by atoms with Crippen molar-refractivity contribution in [2.45, 2.75) is 6.18 Å². The van der Waals surface area contributed by atoms with Crippen LogP contribution in [0.15, 0.2) is 53.6 Å². The van der Waals surface area contributed by atoms with Crippen LogP contribution in [-0.2, 0) is 6.18 Å². The van der Waals surface area contributed by atoms with Gasteiger partial charge in [-0.2, -0.15) is 18.3 Å². The fourth-order valence-electron chi connectivity index (χ4n) is 3.24. The molecule has 4 aromatic rings. The van der Waals surface area contributed by atoms with E-state index in [4.69, 9.17) is 16.7 Å². The third kappa shape index (κ3) is 4.15. The first-order valence-electron chi connectivity index (χ1n) is 9.04. The van der Waals surface area contributed by atoms with E-state index in [2.05, 4.69) is 20.4 Å². The van der Waals surface area contributed by atoms with E-state index < -0.39 is 40.6 Å². The summed E-state index contributed by atoms with van der Waals surface area (Å²) in [6.45, 7) is 0. The lowest BCUT2D eigenvalue weighted by Crippen LogP contribution is -2.21. The molecule has 0 spiro atoms. The fraction of sp³-hybridized carbons (Fsp3) is 0.0500. The van der Waals surface area contributed by atoms with Crippen molar-refractivity contribution < 1.29 is 27.9 Å². The van der Waals surface area contributed by atoms with Gasteiger partial charge in [0, 0.05) is 22.7 Å². The molecule has 1 aromatic carbocycles. The van der Waals surface area contributed by atoms with Gasteiger partial charge in [0.15, 0.2) is 11.4 Å². The van der Waals surface area contributed by atoms with Gasteiger partial charge in [0.05, 0.1) is 17.4 Å². The number of fused-ring (bicyclic) bond motifs is 1. The lowest BCUT2D eigenvalue weighted by atomic mass is 10.1. The second kappa shape index (κ2) is 8.06. The smallest absolute Gasteiger partial charge is 0.434 e. The molecule has 9 nitrogen and oxygen atoms in total. The lowest BCUT2D eigenvalue weighted by molar-refractivity contribution is -0.143. The third-order valence-electron chi connectivity index (χ3n) is 4.57. The number of amides is 1. The number of H-pyrrole nitrogens is 1. The van der Waals surface area contributed by atoms with Gasteiger partial charge in [0.25, 0.3) is 11.5 Å². The Balaban J connectivity index is 1.83. The number of aromatic nitrogens is 4. The van der Waals surface area contributed by atoms with Gasteiger partial charge in [-0.3, -0.25) is 9.59 Å². The van der Waals surface area contributed by atoms with Crippen LogP contribution in [0, 0.1) is 0 Å². The van der Waals surface area contributed by atoms with E-state index in [1.165, 1.54) is 30.5 Å². The minimum Gasteiger partial charge on any atom is -0.477 e. The number of rotatable bonds is 4. The van der Waals surface area contributed by atoms with Crippen LogP contribution in [-0.4, -0.2) is 36.7 Å². The topological polar surface area (TPSA) is 130 Å². The van der Waals surface area contributed by atoms with Crippen LogP contribution in [0.25, 0.3) is 16.5 Å². The summed E-state index contributed by atoms with van der Waals surface area (Å²) in [5.41, 5.74) is -3.46. The summed E-state index contributed by atoms with van der Waals surface area (Å²) in [5.74, 6) is -2.65. The number of anilines is 1. The van der Waals surface area contributed by atoms with Crippen LogP contribution in [0.2, 0.25) is 5.15 Å². The number of carbonyl (C=O) groups excluding carboxylic acids is 1. The minimum absolute atomic E-state index is 0.0647. The van der Waals surface area contributed by atoms with Crippen molar-refractivity contribution >= 4 is 39.9 Å². The molecule has 4 rings (SSSR count). The van der Waals surface area contributed by atoms with Crippen molar-refractivity contribution in [1.82, 2.24) is 19.7 Å². The standard InChI is InChI=1S/C20H11ClF3N5O4/c21-15-7-9(6-13(28-15)19(32)33)27-18(31)12-8-26-29(16(12)20(22,23)24)14-3-1-2-11-10(14)4-5-25-17(11)30/h1-8H,(H,25,30)(H,32,33)(H,27,28,31). The third-order valence-corrected chi connectivity index (χ3v) is 4.77. The number of halogens is 4. The molecule has 0 unspecified atom stereocenters. The molecule has 0 saturated heterocycles. The fourth-order valence-corrected chi connectivity index (χ4v) is 3.45. The number of alkyl halides is 3. The Kier molecular flexibility index (Phi) is 5.38. The van der Waals surface area contributed by atoms with Crippen LogP contribution in [0.1, 0.15) is 26.5 Å². The molecule has 3 N–H and O–H groups in total. The quantitative estimate of drug-likeness (QED) is 0.384. The van der Waals surface area contributed by atoms with Gasteiger partial charge in [0.2, 0.25) is 0 Å². The number of carbonyl (C=O) groups is 2. The summed E-state index contributed by atoms with van der Waals surface area (Å²) in [6.07, 6.45) is -2.99. The summed E-state index contributed by atoms with van der Waals surface area (Å²) in [4.78, 5) is 41.8. The SMILES string of the molecule is O=C(O)c1cc(NC(=O)c2cnn(-c3cccc4c(=O)[nH]ccc34)c2C(F)(F)F)cc(Cl)n1. The minimum atomic E-state index is -5.01. The van der Waals surface area contributed by atoms with E-state index in [1.807, 2.05) is 0 Å². The Labute approximate surface area is 186 Å². The highest BCUT2D eigenvalue weighted by Gasteiger charge is 2.41. The highest BCUT2D eigenvalue weighted by Crippen LogP contribution is 2.35. The Morgan fingerprint density at radius 2 is 1.91 bits per heavy atom. The second-order valence-corrected chi connectivity index (χ2v) is 7.07. The number of benzene rings is 1. The Morgan fingerprint density at radius 3 is 2.61 bits per heavy atom. The summed E-state index contributed by atoms with van der Waals surface area (Å²) >= 11 is 5.73. The van der Waals surface area contributed by atoms with Crippen LogP contribution in [0.4, 0.5) is 18.9 Å². The van der Waals surface area contributed by atoms with Crippen molar-refractivity contribution in [2.24, 2.45) is 0 Å². The number of aromatic amines is 1. The van der Waals surface area contributed by atoms with Gasteiger partial charge in [-0.1, -0.05) is 17.7 Å². The second-order valence-electron chi connectivity index (χ2n) is 6.68. The molecule has 0 aliphatic rings. The lowest BCUT2D eigenvalue weighted by Gasteiger charge is -2.14. The number of hydrogen-bond acceptors (Lipinski definition) is 5. The largest absolute Gasteiger partial charge is 0.477 e. The van der Waals surface area contributed by atoms with E-state index >= 15 is 0 Å². The Morgan fingerprint density at radius 1 is 1.15 bits per heavy atom. The van der Waals surface area contributed by atoms with Crippen molar-refractivity contribution in [2.75, 3.05) is 5.32 Å². The normalized spacial score (nSPS) is 11.5. The van der Waals surface area contributed by atoms with Crippen molar-refractivity contribution in [3.8, 4) is 5.69 Å². The molecule has 0 radical (unpaired) electrons. The molecule has 0 saturated carbocycles. The van der Waals surface area contributed by atoms with Gasteiger partial charge in [-0.25, -0.2) is 14.5 Å². The molecule has 13 heteroatoms. The molecule has 0 aliphatic heterocycles. The average molecular weight is 478 g/mol.